The average Bonchev–Trinajstić information content (AvgIpc) is 2.65. The van der Waals surface area contributed by atoms with Crippen LogP contribution in [0.15, 0.2) is 29.5 Å². The van der Waals surface area contributed by atoms with E-state index in [1.807, 2.05) is 39.0 Å². The summed E-state index contributed by atoms with van der Waals surface area (Å²) in [5, 5.41) is 6.66. The van der Waals surface area contributed by atoms with Crippen LogP contribution < -0.4 is 20.1 Å². The molecular weight excluding hydrogens is 388 g/mol. The molecule has 0 saturated heterocycles. The van der Waals surface area contributed by atoms with Crippen molar-refractivity contribution in [2.75, 3.05) is 20.3 Å². The van der Waals surface area contributed by atoms with E-state index in [9.17, 15) is 4.79 Å². The van der Waals surface area contributed by atoms with Crippen molar-refractivity contribution in [3.8, 4) is 11.5 Å². The Kier molecular flexibility index (Phi) is 8.32. The zero-order valence-electron chi connectivity index (χ0n) is 18.1. The molecule has 1 aromatic rings. The van der Waals surface area contributed by atoms with Gasteiger partial charge in [-0.15, -0.1) is 0 Å². The minimum atomic E-state index is -0.429. The van der Waals surface area contributed by atoms with Crippen molar-refractivity contribution >= 4 is 23.3 Å². The van der Waals surface area contributed by atoms with Crippen LogP contribution in [0.5, 0.6) is 11.5 Å². The van der Waals surface area contributed by atoms with Gasteiger partial charge in [-0.2, -0.15) is 0 Å². The quantitative estimate of drug-likeness (QED) is 0.460. The number of thiocarbonyl (C=S) groups is 1. The van der Waals surface area contributed by atoms with E-state index in [1.165, 1.54) is 0 Å². The molecule has 2 rings (SSSR count). The summed E-state index contributed by atoms with van der Waals surface area (Å²) in [6.07, 6.45) is 0.961. The Morgan fingerprint density at radius 3 is 2.52 bits per heavy atom. The predicted octanol–water partition coefficient (Wildman–Crippen LogP) is 4.11. The fraction of sp³-hybridized carbons (Fsp3) is 0.545. The fourth-order valence-electron chi connectivity index (χ4n) is 2.92. The summed E-state index contributed by atoms with van der Waals surface area (Å²) in [6, 6.07) is 5.23. The van der Waals surface area contributed by atoms with Gasteiger partial charge in [-0.05, 0) is 55.1 Å². The van der Waals surface area contributed by atoms with Crippen LogP contribution in [0.4, 0.5) is 0 Å². The highest BCUT2D eigenvalue weighted by Crippen LogP contribution is 2.34. The van der Waals surface area contributed by atoms with E-state index in [-0.39, 0.29) is 11.9 Å². The zero-order valence-corrected chi connectivity index (χ0v) is 18.9. The van der Waals surface area contributed by atoms with E-state index in [1.54, 1.807) is 7.11 Å². The first-order valence-electron chi connectivity index (χ1n) is 9.99. The lowest BCUT2D eigenvalue weighted by atomic mass is 9.95. The molecular formula is C22H32N2O4S. The smallest absolute Gasteiger partial charge is 0.338 e. The maximum Gasteiger partial charge on any atom is 0.338 e. The molecule has 6 nitrogen and oxygen atoms in total. The molecule has 0 aromatic heterocycles. The Labute approximate surface area is 179 Å². The van der Waals surface area contributed by atoms with Crippen LogP contribution in [0.2, 0.25) is 0 Å². The van der Waals surface area contributed by atoms with Crippen LogP contribution >= 0.6 is 12.2 Å². The summed E-state index contributed by atoms with van der Waals surface area (Å²) in [5.74, 6) is 1.75. The Morgan fingerprint density at radius 2 is 1.90 bits per heavy atom. The van der Waals surface area contributed by atoms with E-state index < -0.39 is 6.04 Å². The molecule has 1 atom stereocenters. The van der Waals surface area contributed by atoms with Crippen LogP contribution in [0.1, 0.15) is 52.6 Å². The molecule has 1 heterocycles. The van der Waals surface area contributed by atoms with Crippen LogP contribution in [0.3, 0.4) is 0 Å². The molecule has 1 aliphatic heterocycles. The highest BCUT2D eigenvalue weighted by Gasteiger charge is 2.31. The molecule has 1 aliphatic rings. The minimum absolute atomic E-state index is 0.256. The summed E-state index contributed by atoms with van der Waals surface area (Å²) in [4.78, 5) is 12.8. The summed E-state index contributed by atoms with van der Waals surface area (Å²) in [7, 11) is 1.60. The molecule has 29 heavy (non-hydrogen) atoms. The van der Waals surface area contributed by atoms with Crippen molar-refractivity contribution in [1.82, 2.24) is 10.6 Å². The van der Waals surface area contributed by atoms with Crippen LogP contribution in [-0.2, 0) is 9.53 Å². The summed E-state index contributed by atoms with van der Waals surface area (Å²) in [5.41, 5.74) is 2.04. The van der Waals surface area contributed by atoms with E-state index >= 15 is 0 Å². The molecule has 7 heteroatoms. The predicted molar refractivity (Wildman–Crippen MR) is 118 cm³/mol. The highest BCUT2D eigenvalue weighted by molar-refractivity contribution is 7.80. The Hall–Kier alpha value is -2.28. The second-order valence-electron chi connectivity index (χ2n) is 8.00. The number of carbonyl (C=O) groups is 1. The van der Waals surface area contributed by atoms with Crippen molar-refractivity contribution in [2.24, 2.45) is 11.8 Å². The van der Waals surface area contributed by atoms with E-state index in [4.69, 9.17) is 26.4 Å². The van der Waals surface area contributed by atoms with Crippen LogP contribution in [-0.4, -0.2) is 31.4 Å². The van der Waals surface area contributed by atoms with Crippen molar-refractivity contribution in [3.63, 3.8) is 0 Å². The molecule has 1 aromatic carbocycles. The van der Waals surface area contributed by atoms with Gasteiger partial charge in [0, 0.05) is 5.70 Å². The maximum absolute atomic E-state index is 12.8. The van der Waals surface area contributed by atoms with Gasteiger partial charge < -0.3 is 24.8 Å². The topological polar surface area (TPSA) is 68.8 Å². The normalized spacial score (nSPS) is 16.6. The fourth-order valence-corrected chi connectivity index (χ4v) is 3.19. The van der Waals surface area contributed by atoms with E-state index in [0.29, 0.717) is 47.0 Å². The van der Waals surface area contributed by atoms with Crippen LogP contribution in [0, 0.1) is 11.8 Å². The van der Waals surface area contributed by atoms with Gasteiger partial charge in [-0.3, -0.25) is 0 Å². The molecule has 0 bridgehead atoms. The largest absolute Gasteiger partial charge is 0.493 e. The highest BCUT2D eigenvalue weighted by atomic mass is 32.1. The van der Waals surface area contributed by atoms with E-state index in [0.717, 1.165) is 12.0 Å². The molecule has 2 N–H and O–H groups in total. The number of benzene rings is 1. The monoisotopic (exact) mass is 420 g/mol. The zero-order chi connectivity index (χ0) is 21.6. The third-order valence-corrected chi connectivity index (χ3v) is 4.73. The van der Waals surface area contributed by atoms with Gasteiger partial charge >= 0.3 is 5.97 Å². The SMILES string of the molecule is COc1cc(C2NC(=S)NC(C)=C2C(=O)OCC(C)C)ccc1OCCC(C)C. The number of methoxy groups -OCH3 is 1. The molecule has 0 spiro atoms. The molecule has 0 aliphatic carbocycles. The summed E-state index contributed by atoms with van der Waals surface area (Å²) >= 11 is 5.31. The second kappa shape index (κ2) is 10.5. The lowest BCUT2D eigenvalue weighted by molar-refractivity contribution is -0.140. The third kappa shape index (κ3) is 6.35. The number of carbonyl (C=O) groups excluding carboxylic acids is 1. The number of hydrogen-bond acceptors (Lipinski definition) is 5. The Morgan fingerprint density at radius 1 is 1.17 bits per heavy atom. The van der Waals surface area contributed by atoms with Gasteiger partial charge in [0.05, 0.1) is 31.9 Å². The first kappa shape index (κ1) is 23.0. The number of ether oxygens (including phenoxy) is 3. The Balaban J connectivity index is 2.30. The van der Waals surface area contributed by atoms with Crippen LogP contribution in [0.25, 0.3) is 0 Å². The van der Waals surface area contributed by atoms with Gasteiger partial charge in [0.15, 0.2) is 16.6 Å². The maximum atomic E-state index is 12.8. The first-order valence-corrected chi connectivity index (χ1v) is 10.4. The number of esters is 1. The first-order chi connectivity index (χ1) is 13.7. The minimum Gasteiger partial charge on any atom is -0.493 e. The van der Waals surface area contributed by atoms with Gasteiger partial charge in [0.25, 0.3) is 0 Å². The Bertz CT molecular complexity index is 774. The number of allylic oxidation sites excluding steroid dienone is 1. The number of nitrogens with one attached hydrogen (secondary N) is 2. The number of rotatable bonds is 9. The molecule has 0 radical (unpaired) electrons. The summed E-state index contributed by atoms with van der Waals surface area (Å²) < 4.78 is 16.9. The lowest BCUT2D eigenvalue weighted by Gasteiger charge is -2.30. The lowest BCUT2D eigenvalue weighted by Crippen LogP contribution is -2.45. The number of hydrogen-bond donors (Lipinski definition) is 2. The van der Waals surface area contributed by atoms with Gasteiger partial charge in [0.1, 0.15) is 0 Å². The van der Waals surface area contributed by atoms with Crippen molar-refractivity contribution < 1.29 is 19.0 Å². The second-order valence-corrected chi connectivity index (χ2v) is 8.41. The van der Waals surface area contributed by atoms with Crippen molar-refractivity contribution in [1.29, 1.82) is 0 Å². The molecule has 0 amide bonds. The molecule has 1 unspecified atom stereocenters. The average molecular weight is 421 g/mol. The molecule has 160 valence electrons. The van der Waals surface area contributed by atoms with Gasteiger partial charge in [-0.1, -0.05) is 33.8 Å². The van der Waals surface area contributed by atoms with E-state index in [2.05, 4.69) is 24.5 Å². The van der Waals surface area contributed by atoms with Crippen molar-refractivity contribution in [3.05, 3.63) is 35.0 Å². The standard InChI is InChI=1S/C22H32N2O4S/c1-13(2)9-10-27-17-8-7-16(11-18(17)26-6)20-19(15(5)23-22(29)24-20)21(25)28-12-14(3)4/h7-8,11,13-14,20H,9-10,12H2,1-6H3,(H2,23,24,29). The molecule has 0 fully saturated rings. The third-order valence-electron chi connectivity index (χ3n) is 4.51. The van der Waals surface area contributed by atoms with Gasteiger partial charge in [0.2, 0.25) is 0 Å². The molecule has 0 saturated carbocycles. The van der Waals surface area contributed by atoms with Gasteiger partial charge in [-0.25, -0.2) is 4.79 Å². The van der Waals surface area contributed by atoms with Crippen molar-refractivity contribution in [2.45, 2.75) is 47.1 Å². The summed E-state index contributed by atoms with van der Waals surface area (Å²) in [6.45, 7) is 11.1.